The number of nitrogens with two attached hydrogens (primary N) is 1. The molecule has 2 nitrogen and oxygen atoms in total. The molecule has 1 saturated carbocycles. The van der Waals surface area contributed by atoms with Gasteiger partial charge in [0.1, 0.15) is 0 Å². The van der Waals surface area contributed by atoms with E-state index in [4.69, 9.17) is 10.5 Å². The molecule has 0 bridgehead atoms. The van der Waals surface area contributed by atoms with Crippen LogP contribution in [0, 0.1) is 11.8 Å². The first-order valence-electron chi connectivity index (χ1n) is 6.75. The lowest BCUT2D eigenvalue weighted by molar-refractivity contribution is 0.0106. The fourth-order valence-electron chi connectivity index (χ4n) is 2.57. The molecule has 0 spiro atoms. The highest BCUT2D eigenvalue weighted by Gasteiger charge is 2.25. The standard InChI is InChI=1S/C14H29NO/c1-11-5-7-12(8-6-11)13(15)9-10-14(2,3)16-4/h11-13H,5-10,15H2,1-4H3. The van der Waals surface area contributed by atoms with E-state index in [0.29, 0.717) is 6.04 Å². The van der Waals surface area contributed by atoms with Crippen molar-refractivity contribution in [3.8, 4) is 0 Å². The predicted octanol–water partition coefficient (Wildman–Crippen LogP) is 3.35. The molecule has 0 aromatic heterocycles. The molecule has 1 aliphatic rings. The number of hydrogen-bond donors (Lipinski definition) is 1. The topological polar surface area (TPSA) is 35.2 Å². The molecular weight excluding hydrogens is 198 g/mol. The highest BCUT2D eigenvalue weighted by atomic mass is 16.5. The van der Waals surface area contributed by atoms with Gasteiger partial charge in [-0.25, -0.2) is 0 Å². The summed E-state index contributed by atoms with van der Waals surface area (Å²) < 4.78 is 5.44. The van der Waals surface area contributed by atoms with Crippen LogP contribution in [0.2, 0.25) is 0 Å². The normalized spacial score (nSPS) is 29.1. The molecule has 0 aromatic carbocycles. The fourth-order valence-corrected chi connectivity index (χ4v) is 2.57. The lowest BCUT2D eigenvalue weighted by Gasteiger charge is -2.32. The van der Waals surface area contributed by atoms with Gasteiger partial charge in [-0.2, -0.15) is 0 Å². The van der Waals surface area contributed by atoms with Crippen LogP contribution in [-0.4, -0.2) is 18.8 Å². The molecule has 1 atom stereocenters. The molecule has 1 rings (SSSR count). The lowest BCUT2D eigenvalue weighted by atomic mass is 9.78. The third-order valence-corrected chi connectivity index (χ3v) is 4.30. The van der Waals surface area contributed by atoms with Crippen LogP contribution in [-0.2, 0) is 4.74 Å². The van der Waals surface area contributed by atoms with Crippen LogP contribution in [0.3, 0.4) is 0 Å². The van der Waals surface area contributed by atoms with Crippen LogP contribution in [0.15, 0.2) is 0 Å². The zero-order valence-corrected chi connectivity index (χ0v) is 11.5. The maximum absolute atomic E-state index is 6.30. The monoisotopic (exact) mass is 227 g/mol. The van der Waals surface area contributed by atoms with Crippen LogP contribution >= 0.6 is 0 Å². The Kier molecular flexibility index (Phi) is 5.26. The average molecular weight is 227 g/mol. The van der Waals surface area contributed by atoms with Crippen LogP contribution in [0.4, 0.5) is 0 Å². The van der Waals surface area contributed by atoms with Gasteiger partial charge in [0.15, 0.2) is 0 Å². The summed E-state index contributed by atoms with van der Waals surface area (Å²) in [7, 11) is 1.79. The Morgan fingerprint density at radius 2 is 1.81 bits per heavy atom. The minimum absolute atomic E-state index is 0.0143. The van der Waals surface area contributed by atoms with E-state index in [0.717, 1.165) is 24.7 Å². The van der Waals surface area contributed by atoms with Gasteiger partial charge >= 0.3 is 0 Å². The van der Waals surface area contributed by atoms with Gasteiger partial charge in [0.05, 0.1) is 5.60 Å². The Labute approximate surface area is 101 Å². The zero-order valence-electron chi connectivity index (χ0n) is 11.5. The molecule has 0 saturated heterocycles. The van der Waals surface area contributed by atoms with Crippen molar-refractivity contribution in [1.29, 1.82) is 0 Å². The Bertz CT molecular complexity index is 195. The molecule has 1 unspecified atom stereocenters. The number of methoxy groups -OCH3 is 1. The second kappa shape index (κ2) is 6.02. The zero-order chi connectivity index (χ0) is 12.2. The summed E-state index contributed by atoms with van der Waals surface area (Å²) in [5.41, 5.74) is 6.29. The van der Waals surface area contributed by atoms with E-state index in [-0.39, 0.29) is 5.60 Å². The van der Waals surface area contributed by atoms with Crippen molar-refractivity contribution in [2.45, 2.75) is 70.9 Å². The van der Waals surface area contributed by atoms with Gasteiger partial charge in [0, 0.05) is 13.2 Å². The number of hydrogen-bond acceptors (Lipinski definition) is 2. The van der Waals surface area contributed by atoms with Crippen molar-refractivity contribution in [3.63, 3.8) is 0 Å². The highest BCUT2D eigenvalue weighted by molar-refractivity contribution is 4.81. The van der Waals surface area contributed by atoms with Gasteiger partial charge in [-0.3, -0.25) is 0 Å². The van der Waals surface area contributed by atoms with Crippen molar-refractivity contribution in [3.05, 3.63) is 0 Å². The molecule has 2 N–H and O–H groups in total. The van der Waals surface area contributed by atoms with Gasteiger partial charge in [-0.05, 0) is 51.4 Å². The molecule has 96 valence electrons. The van der Waals surface area contributed by atoms with Crippen molar-refractivity contribution >= 4 is 0 Å². The van der Waals surface area contributed by atoms with Gasteiger partial charge in [-0.1, -0.05) is 19.8 Å². The van der Waals surface area contributed by atoms with Crippen LogP contribution in [0.1, 0.15) is 59.3 Å². The maximum atomic E-state index is 6.30. The van der Waals surface area contributed by atoms with Crippen LogP contribution in [0.5, 0.6) is 0 Å². The maximum Gasteiger partial charge on any atom is 0.0623 e. The van der Waals surface area contributed by atoms with Crippen LogP contribution < -0.4 is 5.73 Å². The number of ether oxygens (including phenoxy) is 1. The van der Waals surface area contributed by atoms with Gasteiger partial charge in [-0.15, -0.1) is 0 Å². The van der Waals surface area contributed by atoms with E-state index in [9.17, 15) is 0 Å². The second-order valence-electron chi connectivity index (χ2n) is 6.19. The van der Waals surface area contributed by atoms with Crippen molar-refractivity contribution in [1.82, 2.24) is 0 Å². The molecule has 0 amide bonds. The Morgan fingerprint density at radius 3 is 2.31 bits per heavy atom. The largest absolute Gasteiger partial charge is 0.379 e. The van der Waals surface area contributed by atoms with Gasteiger partial charge in [0.2, 0.25) is 0 Å². The molecule has 0 aliphatic heterocycles. The summed E-state index contributed by atoms with van der Waals surface area (Å²) in [6.07, 6.45) is 7.56. The van der Waals surface area contributed by atoms with Crippen molar-refractivity contribution < 1.29 is 4.74 Å². The second-order valence-corrected chi connectivity index (χ2v) is 6.19. The van der Waals surface area contributed by atoms with Crippen molar-refractivity contribution in [2.24, 2.45) is 17.6 Å². The summed E-state index contributed by atoms with van der Waals surface area (Å²) in [5.74, 6) is 1.67. The Balaban J connectivity index is 2.27. The van der Waals surface area contributed by atoms with Crippen LogP contribution in [0.25, 0.3) is 0 Å². The summed E-state index contributed by atoms with van der Waals surface area (Å²) >= 11 is 0. The SMILES string of the molecule is COC(C)(C)CCC(N)C1CCC(C)CC1. The van der Waals surface area contributed by atoms with E-state index in [2.05, 4.69) is 20.8 Å². The van der Waals surface area contributed by atoms with E-state index in [1.54, 1.807) is 7.11 Å². The Hall–Kier alpha value is -0.0800. The molecule has 2 heteroatoms. The lowest BCUT2D eigenvalue weighted by Crippen LogP contribution is -2.35. The van der Waals surface area contributed by atoms with E-state index in [1.165, 1.54) is 25.7 Å². The minimum Gasteiger partial charge on any atom is -0.379 e. The minimum atomic E-state index is -0.0143. The first kappa shape index (κ1) is 14.0. The molecule has 0 heterocycles. The van der Waals surface area contributed by atoms with Gasteiger partial charge in [0.25, 0.3) is 0 Å². The fraction of sp³-hybridized carbons (Fsp3) is 1.00. The summed E-state index contributed by atoms with van der Waals surface area (Å²) in [6.45, 7) is 6.64. The first-order chi connectivity index (χ1) is 7.44. The molecule has 1 fully saturated rings. The highest BCUT2D eigenvalue weighted by Crippen LogP contribution is 2.31. The third-order valence-electron chi connectivity index (χ3n) is 4.30. The summed E-state index contributed by atoms with van der Waals surface area (Å²) in [4.78, 5) is 0. The molecule has 0 aromatic rings. The average Bonchev–Trinajstić information content (AvgIpc) is 2.27. The smallest absolute Gasteiger partial charge is 0.0623 e. The number of rotatable bonds is 5. The molecular formula is C14H29NO. The van der Waals surface area contributed by atoms with E-state index < -0.39 is 0 Å². The van der Waals surface area contributed by atoms with E-state index in [1.807, 2.05) is 0 Å². The summed E-state index contributed by atoms with van der Waals surface area (Å²) in [6, 6.07) is 0.377. The summed E-state index contributed by atoms with van der Waals surface area (Å²) in [5, 5.41) is 0. The predicted molar refractivity (Wildman–Crippen MR) is 69.4 cm³/mol. The molecule has 1 aliphatic carbocycles. The van der Waals surface area contributed by atoms with Crippen molar-refractivity contribution in [2.75, 3.05) is 7.11 Å². The Morgan fingerprint density at radius 1 is 1.25 bits per heavy atom. The van der Waals surface area contributed by atoms with E-state index >= 15 is 0 Å². The third kappa shape index (κ3) is 4.42. The molecule has 16 heavy (non-hydrogen) atoms. The quantitative estimate of drug-likeness (QED) is 0.781. The molecule has 0 radical (unpaired) electrons. The van der Waals surface area contributed by atoms with Gasteiger partial charge < -0.3 is 10.5 Å². The first-order valence-corrected chi connectivity index (χ1v) is 6.75.